The Morgan fingerprint density at radius 2 is 2.15 bits per heavy atom. The highest BCUT2D eigenvalue weighted by molar-refractivity contribution is 5.20. The molecule has 0 radical (unpaired) electrons. The maximum atomic E-state index is 6.19. The van der Waals surface area contributed by atoms with E-state index >= 15 is 0 Å². The fourth-order valence-electron chi connectivity index (χ4n) is 3.09. The summed E-state index contributed by atoms with van der Waals surface area (Å²) in [7, 11) is 0. The van der Waals surface area contributed by atoms with E-state index in [1.54, 1.807) is 0 Å². The number of nitrogens with zero attached hydrogens (tertiary/aromatic N) is 1. The summed E-state index contributed by atoms with van der Waals surface area (Å²) < 4.78 is 12.1. The van der Waals surface area contributed by atoms with Crippen LogP contribution >= 0.6 is 0 Å². The van der Waals surface area contributed by atoms with Gasteiger partial charge in [-0.1, -0.05) is 30.3 Å². The molecule has 1 N–H and O–H groups in total. The molecule has 0 bridgehead atoms. The summed E-state index contributed by atoms with van der Waals surface area (Å²) in [4.78, 5) is 2.46. The highest BCUT2D eigenvalue weighted by Gasteiger charge is 2.39. The Kier molecular flexibility index (Phi) is 4.08. The van der Waals surface area contributed by atoms with E-state index in [0.29, 0.717) is 12.6 Å². The van der Waals surface area contributed by atoms with Gasteiger partial charge in [-0.25, -0.2) is 0 Å². The van der Waals surface area contributed by atoms with Crippen LogP contribution in [-0.2, 0) is 15.3 Å². The van der Waals surface area contributed by atoms with Gasteiger partial charge in [-0.15, -0.1) is 0 Å². The Bertz CT molecular complexity index is 439. The first-order chi connectivity index (χ1) is 9.66. The Balaban J connectivity index is 1.59. The van der Waals surface area contributed by atoms with Crippen molar-refractivity contribution in [2.75, 3.05) is 32.8 Å². The molecule has 0 saturated carbocycles. The van der Waals surface area contributed by atoms with Gasteiger partial charge in [0.05, 0.1) is 12.7 Å². The van der Waals surface area contributed by atoms with E-state index in [2.05, 4.69) is 29.3 Å². The lowest BCUT2D eigenvalue weighted by molar-refractivity contribution is -0.163. The molecule has 2 unspecified atom stereocenters. The van der Waals surface area contributed by atoms with Crippen LogP contribution in [-0.4, -0.2) is 49.8 Å². The number of hydrogen-bond acceptors (Lipinski definition) is 4. The SMILES string of the molecule is C[C@@H]1CN(CC2COC(C)(c3ccccc3)O2)CCN1. The average molecular weight is 276 g/mol. The van der Waals surface area contributed by atoms with Crippen molar-refractivity contribution >= 4 is 0 Å². The summed E-state index contributed by atoms with van der Waals surface area (Å²) in [5.41, 5.74) is 1.09. The van der Waals surface area contributed by atoms with Crippen molar-refractivity contribution < 1.29 is 9.47 Å². The summed E-state index contributed by atoms with van der Waals surface area (Å²) in [5, 5.41) is 3.47. The Labute approximate surface area is 121 Å². The molecule has 110 valence electrons. The number of rotatable bonds is 3. The highest BCUT2D eigenvalue weighted by atomic mass is 16.7. The van der Waals surface area contributed by atoms with Crippen molar-refractivity contribution in [1.29, 1.82) is 0 Å². The molecular weight excluding hydrogens is 252 g/mol. The van der Waals surface area contributed by atoms with Gasteiger partial charge in [0.1, 0.15) is 0 Å². The molecule has 3 atom stereocenters. The van der Waals surface area contributed by atoms with Crippen LogP contribution in [0.4, 0.5) is 0 Å². The Morgan fingerprint density at radius 1 is 1.35 bits per heavy atom. The monoisotopic (exact) mass is 276 g/mol. The van der Waals surface area contributed by atoms with E-state index in [0.717, 1.165) is 31.7 Å². The van der Waals surface area contributed by atoms with Crippen LogP contribution in [0, 0.1) is 0 Å². The van der Waals surface area contributed by atoms with E-state index in [-0.39, 0.29) is 6.10 Å². The Hall–Kier alpha value is -0.940. The lowest BCUT2D eigenvalue weighted by Crippen LogP contribution is -2.51. The largest absolute Gasteiger partial charge is 0.343 e. The maximum Gasteiger partial charge on any atom is 0.192 e. The second kappa shape index (κ2) is 5.82. The number of piperazine rings is 1. The van der Waals surface area contributed by atoms with Crippen LogP contribution in [0.2, 0.25) is 0 Å². The first kappa shape index (κ1) is 14.0. The van der Waals surface area contributed by atoms with Gasteiger partial charge in [-0.05, 0) is 13.8 Å². The zero-order valence-corrected chi connectivity index (χ0v) is 12.3. The molecule has 0 spiro atoms. The summed E-state index contributed by atoms with van der Waals surface area (Å²) in [6, 6.07) is 10.8. The standard InChI is InChI=1S/C16H24N2O2/c1-13-10-18(9-8-17-13)11-15-12-19-16(2,20-15)14-6-4-3-5-7-14/h3-7,13,15,17H,8-12H2,1-2H3/t13-,15?,16?/m1/s1. The number of nitrogens with one attached hydrogen (secondary N) is 1. The van der Waals surface area contributed by atoms with E-state index in [4.69, 9.17) is 9.47 Å². The molecule has 0 amide bonds. The minimum absolute atomic E-state index is 0.158. The number of benzene rings is 1. The van der Waals surface area contributed by atoms with Gasteiger partial charge in [-0.3, -0.25) is 4.90 Å². The van der Waals surface area contributed by atoms with Gasteiger partial charge in [0.2, 0.25) is 0 Å². The zero-order chi connectivity index (χ0) is 14.0. The number of hydrogen-bond donors (Lipinski definition) is 1. The normalized spacial score (nSPS) is 35.3. The second-order valence-electron chi connectivity index (χ2n) is 5.98. The summed E-state index contributed by atoms with van der Waals surface area (Å²) in [5.74, 6) is -0.592. The van der Waals surface area contributed by atoms with Crippen LogP contribution in [0.5, 0.6) is 0 Å². The summed E-state index contributed by atoms with van der Waals surface area (Å²) in [6.45, 7) is 9.10. The van der Waals surface area contributed by atoms with Gasteiger partial charge in [0, 0.05) is 37.8 Å². The minimum Gasteiger partial charge on any atom is -0.343 e. The Morgan fingerprint density at radius 3 is 2.90 bits per heavy atom. The molecule has 2 fully saturated rings. The predicted molar refractivity (Wildman–Crippen MR) is 78.5 cm³/mol. The van der Waals surface area contributed by atoms with Crippen molar-refractivity contribution in [2.24, 2.45) is 0 Å². The molecule has 20 heavy (non-hydrogen) atoms. The molecule has 2 heterocycles. The third-order valence-corrected chi connectivity index (χ3v) is 4.15. The van der Waals surface area contributed by atoms with E-state index < -0.39 is 5.79 Å². The first-order valence-electron chi connectivity index (χ1n) is 7.49. The smallest absolute Gasteiger partial charge is 0.192 e. The van der Waals surface area contributed by atoms with Gasteiger partial charge in [-0.2, -0.15) is 0 Å². The van der Waals surface area contributed by atoms with Crippen LogP contribution in [0.25, 0.3) is 0 Å². The lowest BCUT2D eigenvalue weighted by Gasteiger charge is -2.33. The van der Waals surface area contributed by atoms with Crippen molar-refractivity contribution in [2.45, 2.75) is 31.8 Å². The predicted octanol–water partition coefficient (Wildman–Crippen LogP) is 1.57. The number of ether oxygens (including phenoxy) is 2. The maximum absolute atomic E-state index is 6.19. The third-order valence-electron chi connectivity index (χ3n) is 4.15. The molecule has 1 aromatic rings. The highest BCUT2D eigenvalue weighted by Crippen LogP contribution is 2.33. The molecule has 0 aromatic heterocycles. The lowest BCUT2D eigenvalue weighted by atomic mass is 10.1. The average Bonchev–Trinajstić information content (AvgIpc) is 2.83. The van der Waals surface area contributed by atoms with Gasteiger partial charge >= 0.3 is 0 Å². The topological polar surface area (TPSA) is 33.7 Å². The molecule has 2 saturated heterocycles. The van der Waals surface area contributed by atoms with Crippen molar-refractivity contribution in [3.8, 4) is 0 Å². The second-order valence-corrected chi connectivity index (χ2v) is 5.98. The fraction of sp³-hybridized carbons (Fsp3) is 0.625. The summed E-state index contributed by atoms with van der Waals surface area (Å²) in [6.07, 6.45) is 0.158. The van der Waals surface area contributed by atoms with Crippen molar-refractivity contribution in [3.05, 3.63) is 35.9 Å². The van der Waals surface area contributed by atoms with E-state index in [1.165, 1.54) is 0 Å². The molecule has 2 aliphatic heterocycles. The molecule has 4 heteroatoms. The first-order valence-corrected chi connectivity index (χ1v) is 7.49. The molecule has 4 nitrogen and oxygen atoms in total. The van der Waals surface area contributed by atoms with Crippen molar-refractivity contribution in [1.82, 2.24) is 10.2 Å². The van der Waals surface area contributed by atoms with Crippen LogP contribution in [0.3, 0.4) is 0 Å². The van der Waals surface area contributed by atoms with Gasteiger partial charge in [0.15, 0.2) is 5.79 Å². The van der Waals surface area contributed by atoms with Crippen molar-refractivity contribution in [3.63, 3.8) is 0 Å². The molecule has 2 aliphatic rings. The molecule has 1 aromatic carbocycles. The van der Waals surface area contributed by atoms with E-state index in [1.807, 2.05) is 25.1 Å². The van der Waals surface area contributed by atoms with Crippen LogP contribution in [0.15, 0.2) is 30.3 Å². The molecule has 3 rings (SSSR count). The van der Waals surface area contributed by atoms with Crippen LogP contribution in [0.1, 0.15) is 19.4 Å². The quantitative estimate of drug-likeness (QED) is 0.908. The fourth-order valence-corrected chi connectivity index (χ4v) is 3.09. The molecule has 0 aliphatic carbocycles. The molecular formula is C16H24N2O2. The van der Waals surface area contributed by atoms with E-state index in [9.17, 15) is 0 Å². The zero-order valence-electron chi connectivity index (χ0n) is 12.3. The third kappa shape index (κ3) is 3.04. The minimum atomic E-state index is -0.592. The van der Waals surface area contributed by atoms with Gasteiger partial charge in [0.25, 0.3) is 0 Å². The summed E-state index contributed by atoms with van der Waals surface area (Å²) >= 11 is 0. The van der Waals surface area contributed by atoms with Crippen LogP contribution < -0.4 is 5.32 Å². The van der Waals surface area contributed by atoms with Gasteiger partial charge < -0.3 is 14.8 Å².